The molecule has 1 aliphatic carbocycles. The maximum Gasteiger partial charge on any atom is 0.251 e. The summed E-state index contributed by atoms with van der Waals surface area (Å²) in [4.78, 5) is 24.2. The zero-order chi connectivity index (χ0) is 15.8. The number of ether oxygens (including phenoxy) is 1. The highest BCUT2D eigenvalue weighted by Crippen LogP contribution is 2.25. The summed E-state index contributed by atoms with van der Waals surface area (Å²) in [5, 5.41) is 5.70. The molecule has 0 aromatic heterocycles. The van der Waals surface area contributed by atoms with Crippen molar-refractivity contribution in [2.24, 2.45) is 5.92 Å². The predicted octanol–water partition coefficient (Wildman–Crippen LogP) is 2.58. The maximum atomic E-state index is 12.2. The smallest absolute Gasteiger partial charge is 0.251 e. The number of anilines is 1. The molecule has 22 heavy (non-hydrogen) atoms. The van der Waals surface area contributed by atoms with E-state index >= 15 is 0 Å². The second-order valence-electron chi connectivity index (χ2n) is 5.65. The quantitative estimate of drug-likeness (QED) is 0.794. The van der Waals surface area contributed by atoms with Crippen LogP contribution in [0.5, 0.6) is 0 Å². The number of carbonyl (C=O) groups excluding carboxylic acids is 2. The number of nitrogens with one attached hydrogen (secondary N) is 2. The Bertz CT molecular complexity index is 510. The standard InChI is InChI=1S/C17H24N2O3/c1-22-11-10-18-16(20)14-8-5-9-15(12-14)19-17(21)13-6-3-2-4-7-13/h5,8-9,12-13H,2-4,6-7,10-11H2,1H3,(H,18,20)(H,19,21). The van der Waals surface area contributed by atoms with Crippen LogP contribution in [0.1, 0.15) is 42.5 Å². The molecule has 2 amide bonds. The third-order valence-corrected chi connectivity index (χ3v) is 3.96. The molecule has 0 radical (unpaired) electrons. The number of rotatable bonds is 6. The lowest BCUT2D eigenvalue weighted by Gasteiger charge is -2.20. The minimum Gasteiger partial charge on any atom is -0.383 e. The van der Waals surface area contributed by atoms with Crippen molar-refractivity contribution in [2.45, 2.75) is 32.1 Å². The largest absolute Gasteiger partial charge is 0.383 e. The SMILES string of the molecule is COCCNC(=O)c1cccc(NC(=O)C2CCCCC2)c1. The number of hydrogen-bond acceptors (Lipinski definition) is 3. The molecule has 0 bridgehead atoms. The lowest BCUT2D eigenvalue weighted by atomic mass is 9.88. The van der Waals surface area contributed by atoms with Crippen LogP contribution in [0.3, 0.4) is 0 Å². The van der Waals surface area contributed by atoms with Crippen molar-refractivity contribution in [3.8, 4) is 0 Å². The molecule has 2 N–H and O–H groups in total. The third-order valence-electron chi connectivity index (χ3n) is 3.96. The van der Waals surface area contributed by atoms with Crippen LogP contribution in [0.4, 0.5) is 5.69 Å². The second-order valence-corrected chi connectivity index (χ2v) is 5.65. The van der Waals surface area contributed by atoms with Crippen LogP contribution in [0.15, 0.2) is 24.3 Å². The zero-order valence-corrected chi connectivity index (χ0v) is 13.1. The number of hydrogen-bond donors (Lipinski definition) is 2. The van der Waals surface area contributed by atoms with Gasteiger partial charge in [0.05, 0.1) is 6.61 Å². The van der Waals surface area contributed by atoms with Gasteiger partial charge in [-0.05, 0) is 31.0 Å². The minimum atomic E-state index is -0.161. The summed E-state index contributed by atoms with van der Waals surface area (Å²) in [6.07, 6.45) is 5.40. The molecule has 0 saturated heterocycles. The van der Waals surface area contributed by atoms with Crippen LogP contribution in [-0.4, -0.2) is 32.1 Å². The topological polar surface area (TPSA) is 67.4 Å². The highest BCUT2D eigenvalue weighted by atomic mass is 16.5. The molecular formula is C17H24N2O3. The Morgan fingerprint density at radius 3 is 2.73 bits per heavy atom. The number of amides is 2. The van der Waals surface area contributed by atoms with Crippen molar-refractivity contribution in [3.05, 3.63) is 29.8 Å². The molecule has 1 aromatic rings. The first kappa shape index (κ1) is 16.5. The summed E-state index contributed by atoms with van der Waals surface area (Å²) in [5.41, 5.74) is 1.22. The molecule has 0 aliphatic heterocycles. The summed E-state index contributed by atoms with van der Waals surface area (Å²) in [6.45, 7) is 0.942. The normalized spacial score (nSPS) is 15.3. The van der Waals surface area contributed by atoms with Gasteiger partial charge in [0.15, 0.2) is 0 Å². The van der Waals surface area contributed by atoms with E-state index in [1.54, 1.807) is 25.3 Å². The molecule has 120 valence electrons. The van der Waals surface area contributed by atoms with Gasteiger partial charge >= 0.3 is 0 Å². The van der Waals surface area contributed by atoms with E-state index in [9.17, 15) is 9.59 Å². The molecule has 0 unspecified atom stereocenters. The van der Waals surface area contributed by atoms with E-state index in [4.69, 9.17) is 4.74 Å². The lowest BCUT2D eigenvalue weighted by molar-refractivity contribution is -0.120. The van der Waals surface area contributed by atoms with Crippen LogP contribution in [0, 0.1) is 5.92 Å². The molecule has 1 saturated carbocycles. The molecule has 1 fully saturated rings. The van der Waals surface area contributed by atoms with Crippen molar-refractivity contribution in [1.82, 2.24) is 5.32 Å². The molecular weight excluding hydrogens is 280 g/mol. The van der Waals surface area contributed by atoms with Gasteiger partial charge in [-0.1, -0.05) is 25.3 Å². The number of benzene rings is 1. The molecule has 1 aromatic carbocycles. The predicted molar refractivity (Wildman–Crippen MR) is 85.9 cm³/mol. The average molecular weight is 304 g/mol. The third kappa shape index (κ3) is 4.84. The minimum absolute atomic E-state index is 0.0663. The Morgan fingerprint density at radius 2 is 2.00 bits per heavy atom. The summed E-state index contributed by atoms with van der Waals surface area (Å²) < 4.78 is 4.90. The van der Waals surface area contributed by atoms with E-state index in [0.29, 0.717) is 24.4 Å². The average Bonchev–Trinajstić information content (AvgIpc) is 2.56. The summed E-state index contributed by atoms with van der Waals surface area (Å²) in [5.74, 6) is 0.00962. The van der Waals surface area contributed by atoms with E-state index in [1.165, 1.54) is 6.42 Å². The summed E-state index contributed by atoms with van der Waals surface area (Å²) in [7, 11) is 1.59. The Kier molecular flexibility index (Phi) is 6.40. The molecule has 1 aliphatic rings. The second kappa shape index (κ2) is 8.54. The summed E-state index contributed by atoms with van der Waals surface area (Å²) in [6, 6.07) is 7.04. The van der Waals surface area contributed by atoms with Crippen LogP contribution in [0.2, 0.25) is 0 Å². The van der Waals surface area contributed by atoms with Gasteiger partial charge < -0.3 is 15.4 Å². The van der Waals surface area contributed by atoms with Gasteiger partial charge in [0, 0.05) is 30.8 Å². The van der Waals surface area contributed by atoms with Crippen molar-refractivity contribution in [2.75, 3.05) is 25.6 Å². The fourth-order valence-corrected chi connectivity index (χ4v) is 2.72. The van der Waals surface area contributed by atoms with Gasteiger partial charge in [-0.25, -0.2) is 0 Å². The first-order valence-corrected chi connectivity index (χ1v) is 7.89. The van der Waals surface area contributed by atoms with Crippen LogP contribution >= 0.6 is 0 Å². The molecule has 5 nitrogen and oxygen atoms in total. The van der Waals surface area contributed by atoms with Gasteiger partial charge in [0.1, 0.15) is 0 Å². The van der Waals surface area contributed by atoms with Crippen LogP contribution < -0.4 is 10.6 Å². The fraction of sp³-hybridized carbons (Fsp3) is 0.529. The zero-order valence-electron chi connectivity index (χ0n) is 13.1. The first-order chi connectivity index (χ1) is 10.7. The van der Waals surface area contributed by atoms with Crippen molar-refractivity contribution in [1.29, 1.82) is 0 Å². The Morgan fingerprint density at radius 1 is 1.23 bits per heavy atom. The van der Waals surface area contributed by atoms with E-state index in [-0.39, 0.29) is 17.7 Å². The van der Waals surface area contributed by atoms with Crippen molar-refractivity contribution in [3.63, 3.8) is 0 Å². The van der Waals surface area contributed by atoms with Gasteiger partial charge in [0.25, 0.3) is 5.91 Å². The van der Waals surface area contributed by atoms with E-state index in [2.05, 4.69) is 10.6 Å². The highest BCUT2D eigenvalue weighted by molar-refractivity contribution is 5.97. The van der Waals surface area contributed by atoms with Crippen LogP contribution in [-0.2, 0) is 9.53 Å². The Labute approximate surface area is 131 Å². The van der Waals surface area contributed by atoms with Crippen molar-refractivity contribution >= 4 is 17.5 Å². The number of methoxy groups -OCH3 is 1. The Balaban J connectivity index is 1.92. The monoisotopic (exact) mass is 304 g/mol. The van der Waals surface area contributed by atoms with Gasteiger partial charge in [-0.2, -0.15) is 0 Å². The van der Waals surface area contributed by atoms with Crippen molar-refractivity contribution < 1.29 is 14.3 Å². The number of carbonyl (C=O) groups is 2. The summed E-state index contributed by atoms with van der Waals surface area (Å²) >= 11 is 0. The maximum absolute atomic E-state index is 12.2. The van der Waals surface area contributed by atoms with E-state index < -0.39 is 0 Å². The van der Waals surface area contributed by atoms with Crippen LogP contribution in [0.25, 0.3) is 0 Å². The lowest BCUT2D eigenvalue weighted by Crippen LogP contribution is -2.27. The Hall–Kier alpha value is -1.88. The van der Waals surface area contributed by atoms with E-state index in [0.717, 1.165) is 25.7 Å². The van der Waals surface area contributed by atoms with Gasteiger partial charge in [0.2, 0.25) is 5.91 Å². The van der Waals surface area contributed by atoms with E-state index in [1.807, 2.05) is 6.07 Å². The fourth-order valence-electron chi connectivity index (χ4n) is 2.72. The molecule has 0 spiro atoms. The van der Waals surface area contributed by atoms with Gasteiger partial charge in [-0.3, -0.25) is 9.59 Å². The highest BCUT2D eigenvalue weighted by Gasteiger charge is 2.21. The molecule has 2 rings (SSSR count). The molecule has 5 heteroatoms. The molecule has 0 atom stereocenters. The first-order valence-electron chi connectivity index (χ1n) is 7.89. The molecule has 0 heterocycles. The van der Waals surface area contributed by atoms with Gasteiger partial charge in [-0.15, -0.1) is 0 Å².